The van der Waals surface area contributed by atoms with Gasteiger partial charge >= 0.3 is 0 Å². The van der Waals surface area contributed by atoms with Gasteiger partial charge in [-0.3, -0.25) is 0 Å². The predicted octanol–water partition coefficient (Wildman–Crippen LogP) is 1.92. The third kappa shape index (κ3) is 2.13. The van der Waals surface area contributed by atoms with Crippen molar-refractivity contribution in [2.75, 3.05) is 17.7 Å². The van der Waals surface area contributed by atoms with Crippen molar-refractivity contribution in [3.63, 3.8) is 0 Å². The molecule has 0 unspecified atom stereocenters. The maximum absolute atomic E-state index is 13.7. The molecule has 6 heteroatoms. The van der Waals surface area contributed by atoms with Crippen LogP contribution in [0.3, 0.4) is 0 Å². The first-order valence-electron chi connectivity index (χ1n) is 5.41. The van der Waals surface area contributed by atoms with Gasteiger partial charge in [0, 0.05) is 26.5 Å². The summed E-state index contributed by atoms with van der Waals surface area (Å²) in [5.74, 6) is -1.11. The largest absolute Gasteiger partial charge is 0.397 e. The molecule has 1 aromatic carbocycles. The molecule has 0 aliphatic heterocycles. The highest BCUT2D eigenvalue weighted by Crippen LogP contribution is 2.28. The number of anilines is 2. The lowest BCUT2D eigenvalue weighted by atomic mass is 10.2. The van der Waals surface area contributed by atoms with Gasteiger partial charge in [-0.15, -0.1) is 0 Å². The van der Waals surface area contributed by atoms with Crippen molar-refractivity contribution in [2.24, 2.45) is 7.05 Å². The number of hydrogen-bond donors (Lipinski definition) is 1. The molecular weight excluding hydrogens is 238 g/mol. The van der Waals surface area contributed by atoms with E-state index in [1.807, 2.05) is 11.6 Å². The summed E-state index contributed by atoms with van der Waals surface area (Å²) in [7, 11) is 3.48. The van der Waals surface area contributed by atoms with Gasteiger partial charge in [0.1, 0.15) is 5.82 Å². The number of imidazole rings is 1. The molecule has 1 aromatic heterocycles. The zero-order chi connectivity index (χ0) is 13.3. The molecule has 0 saturated carbocycles. The summed E-state index contributed by atoms with van der Waals surface area (Å²) in [6.07, 6.45) is 3.43. The zero-order valence-corrected chi connectivity index (χ0v) is 10.2. The number of aryl methyl sites for hydroxylation is 1. The van der Waals surface area contributed by atoms with Crippen LogP contribution >= 0.6 is 0 Å². The molecule has 0 aliphatic rings. The molecule has 0 radical (unpaired) electrons. The molecule has 18 heavy (non-hydrogen) atoms. The minimum Gasteiger partial charge on any atom is -0.397 e. The van der Waals surface area contributed by atoms with E-state index in [1.165, 1.54) is 11.0 Å². The quantitative estimate of drug-likeness (QED) is 0.849. The van der Waals surface area contributed by atoms with Gasteiger partial charge in [0.2, 0.25) is 0 Å². The summed E-state index contributed by atoms with van der Waals surface area (Å²) < 4.78 is 28.7. The first-order chi connectivity index (χ1) is 8.50. The monoisotopic (exact) mass is 252 g/mol. The number of nitrogens with two attached hydrogens (primary N) is 1. The van der Waals surface area contributed by atoms with Crippen molar-refractivity contribution in [2.45, 2.75) is 6.54 Å². The van der Waals surface area contributed by atoms with Gasteiger partial charge in [-0.05, 0) is 12.1 Å². The fourth-order valence-corrected chi connectivity index (χ4v) is 1.78. The molecule has 0 atom stereocenters. The van der Waals surface area contributed by atoms with Gasteiger partial charge in [0.15, 0.2) is 11.6 Å². The van der Waals surface area contributed by atoms with E-state index in [0.29, 0.717) is 6.54 Å². The van der Waals surface area contributed by atoms with Crippen LogP contribution in [0.5, 0.6) is 0 Å². The van der Waals surface area contributed by atoms with Gasteiger partial charge in [-0.25, -0.2) is 13.8 Å². The van der Waals surface area contributed by atoms with E-state index in [4.69, 9.17) is 5.73 Å². The van der Waals surface area contributed by atoms with Crippen molar-refractivity contribution in [3.05, 3.63) is 42.0 Å². The summed E-state index contributed by atoms with van der Waals surface area (Å²) in [5.41, 5.74) is 5.94. The van der Waals surface area contributed by atoms with Crippen LogP contribution in [0.1, 0.15) is 5.82 Å². The highest BCUT2D eigenvalue weighted by atomic mass is 19.2. The first kappa shape index (κ1) is 12.3. The number of nitrogen functional groups attached to an aromatic ring is 1. The third-order valence-electron chi connectivity index (χ3n) is 2.78. The molecule has 0 aliphatic carbocycles. The molecule has 0 bridgehead atoms. The minimum atomic E-state index is -0.938. The molecule has 2 N–H and O–H groups in total. The van der Waals surface area contributed by atoms with Crippen LogP contribution in [0.2, 0.25) is 0 Å². The molecule has 0 saturated heterocycles. The maximum Gasteiger partial charge on any atom is 0.184 e. The number of benzene rings is 1. The molecular formula is C12H14F2N4. The van der Waals surface area contributed by atoms with Crippen molar-refractivity contribution in [1.82, 2.24) is 9.55 Å². The van der Waals surface area contributed by atoms with E-state index in [9.17, 15) is 8.78 Å². The van der Waals surface area contributed by atoms with Gasteiger partial charge < -0.3 is 15.2 Å². The Morgan fingerprint density at radius 3 is 2.72 bits per heavy atom. The van der Waals surface area contributed by atoms with Crippen molar-refractivity contribution < 1.29 is 8.78 Å². The summed E-state index contributed by atoms with van der Waals surface area (Å²) >= 11 is 0. The van der Waals surface area contributed by atoms with Crippen molar-refractivity contribution >= 4 is 11.4 Å². The second-order valence-corrected chi connectivity index (χ2v) is 4.11. The fourth-order valence-electron chi connectivity index (χ4n) is 1.78. The Hall–Kier alpha value is -2.11. The lowest BCUT2D eigenvalue weighted by Gasteiger charge is -2.21. The number of aromatic nitrogens is 2. The smallest absolute Gasteiger partial charge is 0.184 e. The molecule has 0 amide bonds. The van der Waals surface area contributed by atoms with Crippen LogP contribution in [0.25, 0.3) is 0 Å². The lowest BCUT2D eigenvalue weighted by molar-refractivity contribution is 0.507. The van der Waals surface area contributed by atoms with E-state index in [-0.39, 0.29) is 11.4 Å². The highest BCUT2D eigenvalue weighted by Gasteiger charge is 2.17. The second-order valence-electron chi connectivity index (χ2n) is 4.11. The van der Waals surface area contributed by atoms with Crippen LogP contribution in [-0.4, -0.2) is 16.6 Å². The lowest BCUT2D eigenvalue weighted by Crippen LogP contribution is -2.21. The van der Waals surface area contributed by atoms with Gasteiger partial charge in [0.05, 0.1) is 17.9 Å². The SMILES string of the molecule is CN(Cc1nccn1C)c1c(N)ccc(F)c1F. The van der Waals surface area contributed by atoms with Crippen molar-refractivity contribution in [1.29, 1.82) is 0 Å². The minimum absolute atomic E-state index is 0.0537. The topological polar surface area (TPSA) is 47.1 Å². The van der Waals surface area contributed by atoms with E-state index < -0.39 is 11.6 Å². The average molecular weight is 252 g/mol. The van der Waals surface area contributed by atoms with Gasteiger partial charge in [0.25, 0.3) is 0 Å². The van der Waals surface area contributed by atoms with Crippen LogP contribution in [0.15, 0.2) is 24.5 Å². The van der Waals surface area contributed by atoms with E-state index in [2.05, 4.69) is 4.98 Å². The highest BCUT2D eigenvalue weighted by molar-refractivity contribution is 5.68. The standard InChI is InChI=1S/C12H14F2N4/c1-17-6-5-16-10(17)7-18(2)12-9(15)4-3-8(13)11(12)14/h3-6H,7,15H2,1-2H3. The van der Waals surface area contributed by atoms with Crippen LogP contribution in [0, 0.1) is 11.6 Å². The summed E-state index contributed by atoms with van der Waals surface area (Å²) in [6.45, 7) is 0.341. The molecule has 0 fully saturated rings. The normalized spacial score (nSPS) is 10.7. The maximum atomic E-state index is 13.7. The number of rotatable bonds is 3. The Morgan fingerprint density at radius 2 is 2.11 bits per heavy atom. The Labute approximate surface area is 104 Å². The molecule has 0 spiro atoms. The van der Waals surface area contributed by atoms with E-state index >= 15 is 0 Å². The third-order valence-corrected chi connectivity index (χ3v) is 2.78. The van der Waals surface area contributed by atoms with E-state index in [1.54, 1.807) is 19.4 Å². The fraction of sp³-hybridized carbons (Fsp3) is 0.250. The first-order valence-corrected chi connectivity index (χ1v) is 5.41. The molecule has 4 nitrogen and oxygen atoms in total. The Balaban J connectivity index is 2.32. The molecule has 96 valence electrons. The number of halogens is 2. The summed E-state index contributed by atoms with van der Waals surface area (Å²) in [4.78, 5) is 5.67. The predicted molar refractivity (Wildman–Crippen MR) is 66.1 cm³/mol. The van der Waals surface area contributed by atoms with Gasteiger partial charge in [-0.1, -0.05) is 0 Å². The second kappa shape index (κ2) is 4.64. The van der Waals surface area contributed by atoms with Crippen LogP contribution in [-0.2, 0) is 13.6 Å². The zero-order valence-electron chi connectivity index (χ0n) is 10.2. The summed E-state index contributed by atoms with van der Waals surface area (Å²) in [5, 5.41) is 0. The molecule has 2 rings (SSSR count). The van der Waals surface area contributed by atoms with Crippen LogP contribution < -0.4 is 10.6 Å². The number of nitrogens with zero attached hydrogens (tertiary/aromatic N) is 3. The summed E-state index contributed by atoms with van der Waals surface area (Å²) in [6, 6.07) is 2.37. The Morgan fingerprint density at radius 1 is 1.39 bits per heavy atom. The van der Waals surface area contributed by atoms with Crippen molar-refractivity contribution in [3.8, 4) is 0 Å². The van der Waals surface area contributed by atoms with E-state index in [0.717, 1.165) is 11.9 Å². The number of hydrogen-bond acceptors (Lipinski definition) is 3. The molecule has 2 aromatic rings. The average Bonchev–Trinajstić information content (AvgIpc) is 2.70. The van der Waals surface area contributed by atoms with Crippen LogP contribution in [0.4, 0.5) is 20.2 Å². The molecule has 1 heterocycles. The Kier molecular flexibility index (Phi) is 3.18. The Bertz CT molecular complexity index is 565. The van der Waals surface area contributed by atoms with Gasteiger partial charge in [-0.2, -0.15) is 0 Å².